The van der Waals surface area contributed by atoms with E-state index in [1.54, 1.807) is 16.2 Å². The van der Waals surface area contributed by atoms with Crippen molar-refractivity contribution in [2.45, 2.75) is 13.3 Å². The van der Waals surface area contributed by atoms with E-state index in [1.165, 1.54) is 11.3 Å². The van der Waals surface area contributed by atoms with E-state index in [-0.39, 0.29) is 24.2 Å². The fourth-order valence-corrected chi connectivity index (χ4v) is 4.41. The van der Waals surface area contributed by atoms with Gasteiger partial charge in [0.25, 0.3) is 0 Å². The van der Waals surface area contributed by atoms with Crippen molar-refractivity contribution in [1.82, 2.24) is 4.98 Å². The highest BCUT2D eigenvalue weighted by Gasteiger charge is 2.35. The Bertz CT molecular complexity index is 932. The third-order valence-electron chi connectivity index (χ3n) is 4.35. The zero-order chi connectivity index (χ0) is 18.1. The number of carbonyl (C=O) groups is 2. The van der Waals surface area contributed by atoms with Crippen molar-refractivity contribution in [1.29, 1.82) is 0 Å². The molecule has 3 aromatic rings. The highest BCUT2D eigenvalue weighted by molar-refractivity contribution is 7.16. The molecule has 2 amide bonds. The summed E-state index contributed by atoms with van der Waals surface area (Å²) in [6.45, 7) is 2.40. The Morgan fingerprint density at radius 1 is 1.23 bits per heavy atom. The van der Waals surface area contributed by atoms with Gasteiger partial charge in [-0.05, 0) is 30.5 Å². The molecule has 132 valence electrons. The van der Waals surface area contributed by atoms with Gasteiger partial charge in [-0.2, -0.15) is 0 Å². The normalized spacial score (nSPS) is 16.9. The second-order valence-electron chi connectivity index (χ2n) is 6.25. The second kappa shape index (κ2) is 7.01. The van der Waals surface area contributed by atoms with Gasteiger partial charge in [-0.15, -0.1) is 22.7 Å². The zero-order valence-electron chi connectivity index (χ0n) is 14.1. The molecule has 0 spiro atoms. The van der Waals surface area contributed by atoms with Crippen molar-refractivity contribution >= 4 is 45.3 Å². The minimum atomic E-state index is -0.363. The molecule has 1 aromatic carbocycles. The molecule has 1 aliphatic rings. The van der Waals surface area contributed by atoms with Crippen LogP contribution in [0.2, 0.25) is 0 Å². The maximum atomic E-state index is 12.6. The largest absolute Gasteiger partial charge is 0.312 e. The molecular formula is C19H17N3O2S2. The summed E-state index contributed by atoms with van der Waals surface area (Å²) in [4.78, 5) is 32.1. The Labute approximate surface area is 159 Å². The third kappa shape index (κ3) is 3.40. The fourth-order valence-electron chi connectivity index (χ4n) is 2.93. The first-order chi connectivity index (χ1) is 12.6. The number of rotatable bonds is 4. The number of benzene rings is 1. The molecule has 5 nitrogen and oxygen atoms in total. The molecule has 26 heavy (non-hydrogen) atoms. The van der Waals surface area contributed by atoms with E-state index < -0.39 is 0 Å². The van der Waals surface area contributed by atoms with E-state index in [1.807, 2.05) is 54.1 Å². The molecule has 0 saturated carbocycles. The first-order valence-electron chi connectivity index (χ1n) is 8.27. The molecule has 7 heteroatoms. The van der Waals surface area contributed by atoms with Crippen LogP contribution in [0.4, 0.5) is 10.8 Å². The molecule has 0 aliphatic carbocycles. The van der Waals surface area contributed by atoms with Gasteiger partial charge in [0, 0.05) is 24.0 Å². The predicted octanol–water partition coefficient (Wildman–Crippen LogP) is 4.17. The van der Waals surface area contributed by atoms with Gasteiger partial charge in [0.2, 0.25) is 11.8 Å². The van der Waals surface area contributed by atoms with Crippen molar-refractivity contribution in [3.05, 3.63) is 52.7 Å². The van der Waals surface area contributed by atoms with E-state index in [0.29, 0.717) is 11.7 Å². The molecule has 1 N–H and O–H groups in total. The molecule has 2 aromatic heterocycles. The number of hydrogen-bond acceptors (Lipinski definition) is 5. The van der Waals surface area contributed by atoms with Crippen LogP contribution in [0.25, 0.3) is 10.6 Å². The summed E-state index contributed by atoms with van der Waals surface area (Å²) in [5.41, 5.74) is 2.84. The minimum Gasteiger partial charge on any atom is -0.312 e. The number of carbonyl (C=O) groups excluding carboxylic acids is 2. The smallest absolute Gasteiger partial charge is 0.231 e. The predicted molar refractivity (Wildman–Crippen MR) is 106 cm³/mol. The van der Waals surface area contributed by atoms with Crippen LogP contribution in [0.1, 0.15) is 12.0 Å². The summed E-state index contributed by atoms with van der Waals surface area (Å²) in [5.74, 6) is -0.537. The van der Waals surface area contributed by atoms with Crippen molar-refractivity contribution in [2.75, 3.05) is 16.8 Å². The Morgan fingerprint density at radius 3 is 2.77 bits per heavy atom. The summed E-state index contributed by atoms with van der Waals surface area (Å²) in [5, 5.41) is 7.36. The second-order valence-corrected chi connectivity index (χ2v) is 8.05. The average molecular weight is 383 g/mol. The standard InChI is InChI=1S/C19H17N3O2S2/c1-12-4-6-14(7-5-12)22-10-13(9-17(22)23)18(24)21-19-20-15(11-26-19)16-3-2-8-25-16/h2-8,11,13H,9-10H2,1H3,(H,20,21,24). The Morgan fingerprint density at radius 2 is 2.04 bits per heavy atom. The van der Waals surface area contributed by atoms with E-state index in [9.17, 15) is 9.59 Å². The summed E-state index contributed by atoms with van der Waals surface area (Å²) in [6.07, 6.45) is 0.225. The number of amides is 2. The lowest BCUT2D eigenvalue weighted by atomic mass is 10.1. The van der Waals surface area contributed by atoms with E-state index in [4.69, 9.17) is 0 Å². The first-order valence-corrected chi connectivity index (χ1v) is 10.0. The van der Waals surface area contributed by atoms with Gasteiger partial charge in [-0.1, -0.05) is 23.8 Å². The van der Waals surface area contributed by atoms with Crippen molar-refractivity contribution in [2.24, 2.45) is 5.92 Å². The van der Waals surface area contributed by atoms with Crippen molar-refractivity contribution < 1.29 is 9.59 Å². The van der Waals surface area contributed by atoms with Gasteiger partial charge in [0.05, 0.1) is 16.5 Å². The van der Waals surface area contributed by atoms with Gasteiger partial charge in [0.15, 0.2) is 5.13 Å². The number of thiophene rings is 1. The number of thiazole rings is 1. The SMILES string of the molecule is Cc1ccc(N2CC(C(=O)Nc3nc(-c4cccs4)cs3)CC2=O)cc1. The van der Waals surface area contributed by atoms with Crippen LogP contribution in [-0.4, -0.2) is 23.3 Å². The maximum Gasteiger partial charge on any atom is 0.231 e. The van der Waals surface area contributed by atoms with Gasteiger partial charge in [-0.3, -0.25) is 9.59 Å². The molecule has 1 atom stereocenters. The molecule has 0 radical (unpaired) electrons. The lowest BCUT2D eigenvalue weighted by Crippen LogP contribution is -2.28. The lowest BCUT2D eigenvalue weighted by molar-refractivity contribution is -0.122. The third-order valence-corrected chi connectivity index (χ3v) is 6.00. The van der Waals surface area contributed by atoms with E-state index in [2.05, 4.69) is 10.3 Å². The van der Waals surface area contributed by atoms with Crippen molar-refractivity contribution in [3.8, 4) is 10.6 Å². The highest BCUT2D eigenvalue weighted by Crippen LogP contribution is 2.30. The van der Waals surface area contributed by atoms with Gasteiger partial charge in [-0.25, -0.2) is 4.98 Å². The molecule has 1 unspecified atom stereocenters. The maximum absolute atomic E-state index is 12.6. The Kier molecular flexibility index (Phi) is 4.57. The molecule has 0 bridgehead atoms. The van der Waals surface area contributed by atoms with Crippen LogP contribution in [0, 0.1) is 12.8 Å². The number of aryl methyl sites for hydroxylation is 1. The van der Waals surface area contributed by atoms with Crippen LogP contribution in [0.3, 0.4) is 0 Å². The van der Waals surface area contributed by atoms with E-state index in [0.717, 1.165) is 21.8 Å². The first kappa shape index (κ1) is 16.9. The van der Waals surface area contributed by atoms with Crippen LogP contribution < -0.4 is 10.2 Å². The van der Waals surface area contributed by atoms with E-state index >= 15 is 0 Å². The number of nitrogens with zero attached hydrogens (tertiary/aromatic N) is 2. The Balaban J connectivity index is 1.43. The quantitative estimate of drug-likeness (QED) is 0.735. The van der Waals surface area contributed by atoms with Crippen LogP contribution in [0.15, 0.2) is 47.2 Å². The number of aromatic nitrogens is 1. The highest BCUT2D eigenvalue weighted by atomic mass is 32.1. The van der Waals surface area contributed by atoms with Crippen LogP contribution >= 0.6 is 22.7 Å². The molecular weight excluding hydrogens is 366 g/mol. The average Bonchev–Trinajstić information content (AvgIpc) is 3.36. The van der Waals surface area contributed by atoms with Gasteiger partial charge >= 0.3 is 0 Å². The van der Waals surface area contributed by atoms with Crippen LogP contribution in [-0.2, 0) is 9.59 Å². The molecule has 1 aliphatic heterocycles. The zero-order valence-corrected chi connectivity index (χ0v) is 15.8. The number of nitrogens with one attached hydrogen (secondary N) is 1. The van der Waals surface area contributed by atoms with Gasteiger partial charge < -0.3 is 10.2 Å². The molecule has 1 fully saturated rings. The molecule has 3 heterocycles. The Hall–Kier alpha value is -2.51. The summed E-state index contributed by atoms with van der Waals surface area (Å²) < 4.78 is 0. The molecule has 4 rings (SSSR count). The van der Waals surface area contributed by atoms with Crippen LogP contribution in [0.5, 0.6) is 0 Å². The molecule has 1 saturated heterocycles. The number of anilines is 2. The van der Waals surface area contributed by atoms with Crippen molar-refractivity contribution in [3.63, 3.8) is 0 Å². The summed E-state index contributed by atoms with van der Waals surface area (Å²) in [6, 6.07) is 11.8. The van der Waals surface area contributed by atoms with Gasteiger partial charge in [0.1, 0.15) is 0 Å². The monoisotopic (exact) mass is 383 g/mol. The summed E-state index contributed by atoms with van der Waals surface area (Å²) >= 11 is 3.01. The summed E-state index contributed by atoms with van der Waals surface area (Å²) in [7, 11) is 0. The fraction of sp³-hybridized carbons (Fsp3) is 0.211. The topological polar surface area (TPSA) is 62.3 Å². The lowest BCUT2D eigenvalue weighted by Gasteiger charge is -2.16. The number of hydrogen-bond donors (Lipinski definition) is 1. The minimum absolute atomic E-state index is 0.0209.